The molecule has 6 heteroatoms. The van der Waals surface area contributed by atoms with Crippen LogP contribution in [0.25, 0.3) is 20.2 Å². The number of halogens is 3. The van der Waals surface area contributed by atoms with Gasteiger partial charge in [-0.25, -0.2) is 0 Å². The van der Waals surface area contributed by atoms with Crippen LogP contribution in [-0.2, 0) is 0 Å². The molecule has 0 aliphatic heterocycles. The fourth-order valence-electron chi connectivity index (χ4n) is 1.98. The minimum absolute atomic E-state index is 0.0320. The first-order chi connectivity index (χ1) is 9.44. The van der Waals surface area contributed by atoms with Crippen molar-refractivity contribution >= 4 is 43.3 Å². The zero-order chi connectivity index (χ0) is 14.3. The molecule has 0 bridgehead atoms. The maximum absolute atomic E-state index is 12.4. The second-order valence-electron chi connectivity index (χ2n) is 4.13. The van der Waals surface area contributed by atoms with Crippen molar-refractivity contribution in [3.63, 3.8) is 0 Å². The monoisotopic (exact) mass is 312 g/mol. The highest BCUT2D eigenvalue weighted by Crippen LogP contribution is 2.38. The third-order valence-corrected chi connectivity index (χ3v) is 4.65. The maximum atomic E-state index is 12.4. The quantitative estimate of drug-likeness (QED) is 0.463. The van der Waals surface area contributed by atoms with Gasteiger partial charge in [0.05, 0.1) is 0 Å². The highest BCUT2D eigenvalue weighted by molar-refractivity contribution is 8.00. The average Bonchev–Trinajstić information content (AvgIpc) is 2.38. The van der Waals surface area contributed by atoms with Crippen molar-refractivity contribution in [2.75, 3.05) is 0 Å². The van der Waals surface area contributed by atoms with E-state index in [-0.39, 0.29) is 22.1 Å². The van der Waals surface area contributed by atoms with Gasteiger partial charge in [0.1, 0.15) is 0 Å². The van der Waals surface area contributed by atoms with E-state index in [1.54, 1.807) is 18.2 Å². The molecule has 1 heterocycles. The third kappa shape index (κ3) is 2.53. The number of hydrogen-bond acceptors (Lipinski definition) is 3. The Labute approximate surface area is 120 Å². The van der Waals surface area contributed by atoms with Crippen molar-refractivity contribution in [3.8, 4) is 0 Å². The molecule has 0 fully saturated rings. The van der Waals surface area contributed by atoms with Gasteiger partial charge in [0.2, 0.25) is 0 Å². The fraction of sp³-hybridized carbons (Fsp3) is 0.0714. The third-order valence-electron chi connectivity index (χ3n) is 2.78. The van der Waals surface area contributed by atoms with Crippen LogP contribution in [0.1, 0.15) is 0 Å². The maximum Gasteiger partial charge on any atom is 0.446 e. The molecule has 0 amide bonds. The zero-order valence-corrected chi connectivity index (χ0v) is 11.5. The van der Waals surface area contributed by atoms with Gasteiger partial charge in [-0.2, -0.15) is 13.2 Å². The second kappa shape index (κ2) is 4.79. The van der Waals surface area contributed by atoms with Crippen LogP contribution in [-0.4, -0.2) is 5.51 Å². The summed E-state index contributed by atoms with van der Waals surface area (Å²) in [6.45, 7) is 0. The van der Waals surface area contributed by atoms with E-state index in [2.05, 4.69) is 0 Å². The Balaban J connectivity index is 2.26. The molecule has 0 aliphatic rings. The Kier molecular flexibility index (Phi) is 3.22. The van der Waals surface area contributed by atoms with Crippen LogP contribution >= 0.6 is 23.1 Å². The van der Waals surface area contributed by atoms with Crippen LogP contribution in [0.4, 0.5) is 13.2 Å². The molecule has 2 aromatic carbocycles. The van der Waals surface area contributed by atoms with E-state index in [9.17, 15) is 18.0 Å². The zero-order valence-electron chi connectivity index (χ0n) is 9.90. The van der Waals surface area contributed by atoms with Crippen molar-refractivity contribution in [1.29, 1.82) is 0 Å². The molecule has 0 unspecified atom stereocenters. The molecule has 1 aromatic heterocycles. The summed E-state index contributed by atoms with van der Waals surface area (Å²) in [5.74, 6) is 0. The number of hydrogen-bond donors (Lipinski definition) is 0. The van der Waals surface area contributed by atoms with E-state index in [1.807, 2.05) is 12.1 Å². The summed E-state index contributed by atoms with van der Waals surface area (Å²) in [4.78, 5) is 12.4. The van der Waals surface area contributed by atoms with E-state index in [0.29, 0.717) is 15.5 Å². The minimum atomic E-state index is -4.35. The first-order valence-corrected chi connectivity index (χ1v) is 7.29. The predicted molar refractivity (Wildman–Crippen MR) is 77.5 cm³/mol. The highest BCUT2D eigenvalue weighted by atomic mass is 32.2. The Bertz CT molecular complexity index is 852. The Morgan fingerprint density at radius 3 is 2.40 bits per heavy atom. The lowest BCUT2D eigenvalue weighted by molar-refractivity contribution is -0.0328. The van der Waals surface area contributed by atoms with Gasteiger partial charge in [-0.15, -0.1) is 11.3 Å². The SMILES string of the molecule is O=c1c2ccccc2sc2ccc(SC(F)(F)F)cc12. The summed E-state index contributed by atoms with van der Waals surface area (Å²) < 4.78 is 38.7. The Morgan fingerprint density at radius 2 is 1.65 bits per heavy atom. The smallest absolute Gasteiger partial charge is 0.289 e. The Hall–Kier alpha value is -1.53. The van der Waals surface area contributed by atoms with Gasteiger partial charge in [0.25, 0.3) is 0 Å². The van der Waals surface area contributed by atoms with Gasteiger partial charge in [0.15, 0.2) is 5.43 Å². The summed E-state index contributed by atoms with van der Waals surface area (Å²) >= 11 is 1.20. The lowest BCUT2D eigenvalue weighted by Crippen LogP contribution is -2.02. The van der Waals surface area contributed by atoms with Crippen LogP contribution in [0.15, 0.2) is 52.2 Å². The number of benzene rings is 2. The summed E-state index contributed by atoms with van der Waals surface area (Å²) in [7, 11) is 0. The minimum Gasteiger partial charge on any atom is -0.289 e. The molecular weight excluding hydrogens is 305 g/mol. The molecule has 0 spiro atoms. The van der Waals surface area contributed by atoms with Gasteiger partial charge < -0.3 is 0 Å². The molecule has 0 saturated heterocycles. The molecule has 0 saturated carbocycles. The van der Waals surface area contributed by atoms with E-state index in [1.165, 1.54) is 23.5 Å². The lowest BCUT2D eigenvalue weighted by Gasteiger charge is -2.06. The number of fused-ring (bicyclic) bond motifs is 2. The summed E-state index contributed by atoms with van der Waals surface area (Å²) in [6.07, 6.45) is 0. The normalized spacial score (nSPS) is 12.2. The Morgan fingerprint density at radius 1 is 0.950 bits per heavy atom. The molecule has 0 aliphatic carbocycles. The van der Waals surface area contributed by atoms with Crippen LogP contribution < -0.4 is 5.43 Å². The fourth-order valence-corrected chi connectivity index (χ4v) is 3.61. The van der Waals surface area contributed by atoms with E-state index >= 15 is 0 Å². The molecule has 3 rings (SSSR count). The van der Waals surface area contributed by atoms with E-state index < -0.39 is 5.51 Å². The van der Waals surface area contributed by atoms with Crippen molar-refractivity contribution in [3.05, 3.63) is 52.7 Å². The molecule has 1 nitrogen and oxygen atoms in total. The first kappa shape index (κ1) is 13.5. The summed E-state index contributed by atoms with van der Waals surface area (Å²) in [6, 6.07) is 11.4. The number of rotatable bonds is 1. The average molecular weight is 312 g/mol. The molecular formula is C14H7F3OS2. The van der Waals surface area contributed by atoms with Gasteiger partial charge >= 0.3 is 5.51 Å². The van der Waals surface area contributed by atoms with Gasteiger partial charge in [-0.05, 0) is 42.1 Å². The standard InChI is InChI=1S/C14H7F3OS2/c15-14(16,17)20-8-5-6-12-10(7-8)13(18)9-3-1-2-4-11(9)19-12/h1-7H. The molecule has 20 heavy (non-hydrogen) atoms. The van der Waals surface area contributed by atoms with Crippen molar-refractivity contribution in [1.82, 2.24) is 0 Å². The molecule has 3 aromatic rings. The molecule has 0 atom stereocenters. The highest BCUT2D eigenvalue weighted by Gasteiger charge is 2.29. The van der Waals surface area contributed by atoms with Crippen molar-refractivity contribution in [2.45, 2.75) is 10.4 Å². The van der Waals surface area contributed by atoms with Gasteiger partial charge in [0, 0.05) is 25.1 Å². The van der Waals surface area contributed by atoms with Gasteiger partial charge in [-0.3, -0.25) is 4.79 Å². The molecule has 102 valence electrons. The second-order valence-corrected chi connectivity index (χ2v) is 6.36. The van der Waals surface area contributed by atoms with Crippen LogP contribution in [0.5, 0.6) is 0 Å². The molecule has 0 N–H and O–H groups in total. The topological polar surface area (TPSA) is 17.1 Å². The molecule has 0 radical (unpaired) electrons. The first-order valence-electron chi connectivity index (χ1n) is 5.65. The largest absolute Gasteiger partial charge is 0.446 e. The van der Waals surface area contributed by atoms with E-state index in [0.717, 1.165) is 4.70 Å². The number of thioether (sulfide) groups is 1. The number of alkyl halides is 3. The van der Waals surface area contributed by atoms with Crippen LogP contribution in [0.3, 0.4) is 0 Å². The van der Waals surface area contributed by atoms with Gasteiger partial charge in [-0.1, -0.05) is 12.1 Å². The van der Waals surface area contributed by atoms with Crippen molar-refractivity contribution < 1.29 is 13.2 Å². The predicted octanol–water partition coefficient (Wildman–Crippen LogP) is 5.03. The summed E-state index contributed by atoms with van der Waals surface area (Å²) in [5.41, 5.74) is -4.57. The van der Waals surface area contributed by atoms with E-state index in [4.69, 9.17) is 0 Å². The van der Waals surface area contributed by atoms with Crippen LogP contribution in [0.2, 0.25) is 0 Å². The summed E-state index contributed by atoms with van der Waals surface area (Å²) in [5, 5.41) is 0.877. The van der Waals surface area contributed by atoms with Crippen molar-refractivity contribution in [2.24, 2.45) is 0 Å². The van der Waals surface area contributed by atoms with Crippen LogP contribution in [0, 0.1) is 0 Å². The lowest BCUT2D eigenvalue weighted by atomic mass is 10.2.